The Labute approximate surface area is 201 Å². The molecule has 11 heteroatoms. The van der Waals surface area contributed by atoms with Gasteiger partial charge in [0.1, 0.15) is 21.9 Å². The van der Waals surface area contributed by atoms with E-state index in [1.165, 1.54) is 21.1 Å². The molecule has 0 unspecified atom stereocenters. The zero-order valence-corrected chi connectivity index (χ0v) is 20.2. The first-order chi connectivity index (χ1) is 16.2. The molecule has 2 aromatic rings. The molecule has 180 valence electrons. The van der Waals surface area contributed by atoms with E-state index in [2.05, 4.69) is 5.32 Å². The van der Waals surface area contributed by atoms with Gasteiger partial charge in [-0.15, -0.1) is 0 Å². The summed E-state index contributed by atoms with van der Waals surface area (Å²) in [6.45, 7) is 0.143. The van der Waals surface area contributed by atoms with Crippen LogP contribution in [0.5, 0.6) is 0 Å². The minimum Gasteiger partial charge on any atom is -0.340 e. The Hall–Kier alpha value is -3.05. The van der Waals surface area contributed by atoms with Crippen LogP contribution in [0.3, 0.4) is 0 Å². The van der Waals surface area contributed by atoms with E-state index in [1.807, 2.05) is 0 Å². The number of thiophene rings is 1. The normalized spacial score (nSPS) is 20.8. The second-order valence-corrected chi connectivity index (χ2v) is 11.6. The molecule has 3 atom stereocenters. The number of carbonyl (C=O) groups is 4. The van der Waals surface area contributed by atoms with Gasteiger partial charge in [0.2, 0.25) is 5.91 Å². The molecule has 3 amide bonds. The summed E-state index contributed by atoms with van der Waals surface area (Å²) >= 11 is 1.33. The van der Waals surface area contributed by atoms with E-state index < -0.39 is 39.8 Å². The van der Waals surface area contributed by atoms with Gasteiger partial charge in [-0.2, -0.15) is 11.3 Å². The number of rotatable bonds is 7. The molecule has 1 aromatic heterocycles. The maximum atomic E-state index is 13.5. The van der Waals surface area contributed by atoms with Crippen molar-refractivity contribution in [2.75, 3.05) is 25.1 Å². The van der Waals surface area contributed by atoms with Crippen molar-refractivity contribution in [1.29, 1.82) is 0 Å². The molecule has 0 bridgehead atoms. The summed E-state index contributed by atoms with van der Waals surface area (Å²) < 4.78 is 23.5. The van der Waals surface area contributed by atoms with E-state index in [1.54, 1.807) is 47.2 Å². The molecule has 1 aromatic carbocycles. The Kier molecular flexibility index (Phi) is 6.85. The van der Waals surface area contributed by atoms with Gasteiger partial charge in [-0.05, 0) is 36.4 Å². The summed E-state index contributed by atoms with van der Waals surface area (Å²) in [5, 5.41) is 6.00. The van der Waals surface area contributed by atoms with E-state index in [-0.39, 0.29) is 37.0 Å². The summed E-state index contributed by atoms with van der Waals surface area (Å²) in [6, 6.07) is 7.89. The summed E-state index contributed by atoms with van der Waals surface area (Å²) in [6.07, 6.45) is 1.38. The lowest BCUT2D eigenvalue weighted by Crippen LogP contribution is -2.53. The molecular weight excluding hydrogens is 478 g/mol. The van der Waals surface area contributed by atoms with Crippen LogP contribution in [0.15, 0.2) is 47.2 Å². The van der Waals surface area contributed by atoms with Crippen LogP contribution in [-0.4, -0.2) is 84.9 Å². The number of likely N-dealkylation sites (tertiary alicyclic amines) is 2. The number of ketones is 1. The number of nitrogens with one attached hydrogen (secondary N) is 1. The maximum absolute atomic E-state index is 13.5. The predicted octanol–water partition coefficient (Wildman–Crippen LogP) is 0.976. The highest BCUT2D eigenvalue weighted by atomic mass is 32.2. The van der Waals surface area contributed by atoms with Gasteiger partial charge >= 0.3 is 0 Å². The Morgan fingerprint density at radius 3 is 2.50 bits per heavy atom. The molecule has 4 rings (SSSR count). The Morgan fingerprint density at radius 2 is 1.85 bits per heavy atom. The van der Waals surface area contributed by atoms with Gasteiger partial charge in [-0.1, -0.05) is 18.2 Å². The van der Waals surface area contributed by atoms with Crippen molar-refractivity contribution in [3.05, 3.63) is 58.3 Å². The lowest BCUT2D eigenvalue weighted by atomic mass is 10.1. The molecule has 34 heavy (non-hydrogen) atoms. The van der Waals surface area contributed by atoms with Gasteiger partial charge in [0.05, 0.1) is 23.9 Å². The molecule has 1 N–H and O–H groups in total. The number of hydrogen-bond acceptors (Lipinski definition) is 7. The third-order valence-electron chi connectivity index (χ3n) is 6.15. The van der Waals surface area contributed by atoms with Crippen LogP contribution in [0.2, 0.25) is 0 Å². The highest BCUT2D eigenvalue weighted by Gasteiger charge is 2.52. The van der Waals surface area contributed by atoms with Gasteiger partial charge in [0, 0.05) is 23.7 Å². The van der Waals surface area contributed by atoms with Crippen LogP contribution in [0.1, 0.15) is 33.6 Å². The maximum Gasteiger partial charge on any atom is 0.254 e. The number of amides is 3. The predicted molar refractivity (Wildman–Crippen MR) is 126 cm³/mol. The molecule has 2 aliphatic rings. The van der Waals surface area contributed by atoms with Crippen molar-refractivity contribution < 1.29 is 27.6 Å². The van der Waals surface area contributed by atoms with Crippen LogP contribution < -0.4 is 5.32 Å². The quantitative estimate of drug-likeness (QED) is 0.601. The second kappa shape index (κ2) is 9.67. The Balaban J connectivity index is 1.53. The zero-order chi connectivity index (χ0) is 24.5. The second-order valence-electron chi connectivity index (χ2n) is 8.55. The van der Waals surface area contributed by atoms with Crippen molar-refractivity contribution in [3.8, 4) is 0 Å². The lowest BCUT2D eigenvalue weighted by Gasteiger charge is -2.28. The van der Waals surface area contributed by atoms with Crippen molar-refractivity contribution in [2.45, 2.75) is 31.0 Å². The minimum atomic E-state index is -3.38. The minimum absolute atomic E-state index is 0.0951. The van der Waals surface area contributed by atoms with E-state index in [9.17, 15) is 27.6 Å². The summed E-state index contributed by atoms with van der Waals surface area (Å²) in [4.78, 5) is 54.9. The van der Waals surface area contributed by atoms with Crippen molar-refractivity contribution in [2.24, 2.45) is 0 Å². The monoisotopic (exact) mass is 503 g/mol. The number of sulfone groups is 1. The Bertz CT molecular complexity index is 1200. The number of carbonyl (C=O) groups excluding carboxylic acids is 4. The van der Waals surface area contributed by atoms with E-state index >= 15 is 0 Å². The lowest BCUT2D eigenvalue weighted by molar-refractivity contribution is -0.138. The first-order valence-electron chi connectivity index (χ1n) is 10.9. The fraction of sp³-hybridized carbons (Fsp3) is 0.391. The molecule has 0 aliphatic carbocycles. The van der Waals surface area contributed by atoms with Crippen LogP contribution in [0.4, 0.5) is 0 Å². The van der Waals surface area contributed by atoms with Crippen molar-refractivity contribution >= 4 is 44.7 Å². The highest BCUT2D eigenvalue weighted by molar-refractivity contribution is 7.90. The number of fused-ring (bicyclic) bond motifs is 1. The molecule has 2 fully saturated rings. The third kappa shape index (κ3) is 5.05. The average Bonchev–Trinajstić information content (AvgIpc) is 3.54. The fourth-order valence-corrected chi connectivity index (χ4v) is 5.81. The van der Waals surface area contributed by atoms with Crippen LogP contribution >= 0.6 is 11.3 Å². The van der Waals surface area contributed by atoms with Gasteiger partial charge in [-0.25, -0.2) is 8.42 Å². The van der Waals surface area contributed by atoms with Gasteiger partial charge < -0.3 is 15.1 Å². The third-order valence-corrected chi connectivity index (χ3v) is 7.81. The zero-order valence-electron chi connectivity index (χ0n) is 18.5. The molecule has 9 nitrogen and oxygen atoms in total. The number of nitrogens with zero attached hydrogens (tertiary/aromatic N) is 2. The van der Waals surface area contributed by atoms with Gasteiger partial charge in [0.25, 0.3) is 11.8 Å². The first kappa shape index (κ1) is 24.1. The highest BCUT2D eigenvalue weighted by Crippen LogP contribution is 2.31. The molecule has 0 radical (unpaired) electrons. The molecule has 0 saturated carbocycles. The largest absolute Gasteiger partial charge is 0.340 e. The molecular formula is C23H25N3O6S2. The topological polar surface area (TPSA) is 121 Å². The molecule has 2 saturated heterocycles. The SMILES string of the molecule is CS(=O)(=O)CC[C@H](NC(=O)c1ccsc1)C(=O)N1CC[C@@H]2[C@H]1C(=O)CN2C(=O)c1ccccc1. The standard InChI is InChI=1S/C23H25N3O6S2/c1-34(31,32)12-9-17(24-21(28)16-8-11-33-14-16)23(30)25-10-7-18-20(25)19(27)13-26(18)22(29)15-5-3-2-4-6-15/h2-6,8,11,14,17-18,20H,7,9-10,12-13H2,1H3,(H,24,28)/t17-,18+,20-/m0/s1. The summed E-state index contributed by atoms with van der Waals surface area (Å²) in [7, 11) is -3.38. The van der Waals surface area contributed by atoms with Gasteiger partial charge in [-0.3, -0.25) is 19.2 Å². The number of benzene rings is 1. The molecule has 3 heterocycles. The number of Topliss-reactive ketones (excluding diaryl/α,β-unsaturated/α-hetero) is 1. The van der Waals surface area contributed by atoms with Crippen molar-refractivity contribution in [1.82, 2.24) is 15.1 Å². The Morgan fingerprint density at radius 1 is 1.12 bits per heavy atom. The van der Waals surface area contributed by atoms with E-state index in [0.717, 1.165) is 6.26 Å². The summed E-state index contributed by atoms with van der Waals surface area (Å²) in [5.74, 6) is -1.80. The number of hydrogen-bond donors (Lipinski definition) is 1. The van der Waals surface area contributed by atoms with Gasteiger partial charge in [0.15, 0.2) is 5.78 Å². The smallest absolute Gasteiger partial charge is 0.254 e. The average molecular weight is 504 g/mol. The van der Waals surface area contributed by atoms with E-state index in [4.69, 9.17) is 0 Å². The summed E-state index contributed by atoms with van der Waals surface area (Å²) in [5.41, 5.74) is 0.841. The fourth-order valence-electron chi connectivity index (χ4n) is 4.51. The van der Waals surface area contributed by atoms with Crippen LogP contribution in [0.25, 0.3) is 0 Å². The van der Waals surface area contributed by atoms with Crippen LogP contribution in [0, 0.1) is 0 Å². The molecule has 0 spiro atoms. The van der Waals surface area contributed by atoms with Crippen molar-refractivity contribution in [3.63, 3.8) is 0 Å². The van der Waals surface area contributed by atoms with Crippen LogP contribution in [-0.2, 0) is 19.4 Å². The van der Waals surface area contributed by atoms with E-state index in [0.29, 0.717) is 17.5 Å². The first-order valence-corrected chi connectivity index (χ1v) is 13.9. The molecule has 2 aliphatic heterocycles.